The van der Waals surface area contributed by atoms with Crippen LogP contribution in [0.4, 0.5) is 4.39 Å². The second-order valence-corrected chi connectivity index (χ2v) is 3.90. The molecule has 94 valence electrons. The van der Waals surface area contributed by atoms with Gasteiger partial charge in [0.25, 0.3) is 5.91 Å². The molecule has 2 rings (SSSR count). The highest BCUT2D eigenvalue weighted by Gasteiger charge is 2.11. The standard InChI is InChI=1S/C12H12FN3O2/c1-7(17)8-2-3-11(9(13)6-8)16-5-4-10(15-16)12(14)18/h2-7,17H,1H3,(H2,14,18)/t7-/m0/s1. The highest BCUT2D eigenvalue weighted by Crippen LogP contribution is 2.19. The Kier molecular flexibility index (Phi) is 3.12. The van der Waals surface area contributed by atoms with E-state index in [1.165, 1.54) is 29.1 Å². The number of amides is 1. The summed E-state index contributed by atoms with van der Waals surface area (Å²) in [5.41, 5.74) is 5.79. The summed E-state index contributed by atoms with van der Waals surface area (Å²) in [6, 6.07) is 5.71. The van der Waals surface area contributed by atoms with Gasteiger partial charge in [-0.3, -0.25) is 4.79 Å². The quantitative estimate of drug-likeness (QED) is 0.856. The SMILES string of the molecule is C[C@H](O)c1ccc(-n2ccc(C(N)=O)n2)c(F)c1. The van der Waals surface area contributed by atoms with Gasteiger partial charge < -0.3 is 10.8 Å². The van der Waals surface area contributed by atoms with Crippen molar-refractivity contribution in [1.29, 1.82) is 0 Å². The fourth-order valence-corrected chi connectivity index (χ4v) is 1.56. The Bertz CT molecular complexity index is 593. The van der Waals surface area contributed by atoms with Crippen LogP contribution in [0, 0.1) is 5.82 Å². The second-order valence-electron chi connectivity index (χ2n) is 3.90. The van der Waals surface area contributed by atoms with Crippen molar-refractivity contribution in [2.45, 2.75) is 13.0 Å². The molecule has 0 aliphatic carbocycles. The van der Waals surface area contributed by atoms with E-state index >= 15 is 0 Å². The van der Waals surface area contributed by atoms with Crippen molar-refractivity contribution >= 4 is 5.91 Å². The zero-order valence-electron chi connectivity index (χ0n) is 9.67. The number of aromatic nitrogens is 2. The fraction of sp³-hybridized carbons (Fsp3) is 0.167. The number of hydrogen-bond acceptors (Lipinski definition) is 3. The predicted octanol–water partition coefficient (Wildman–Crippen LogP) is 1.16. The average molecular weight is 249 g/mol. The van der Waals surface area contributed by atoms with Crippen molar-refractivity contribution in [1.82, 2.24) is 9.78 Å². The lowest BCUT2D eigenvalue weighted by Crippen LogP contribution is -2.12. The molecule has 6 heteroatoms. The molecule has 0 fully saturated rings. The number of halogens is 1. The summed E-state index contributed by atoms with van der Waals surface area (Å²) in [6.07, 6.45) is 0.702. The first kappa shape index (κ1) is 12.3. The van der Waals surface area contributed by atoms with E-state index in [0.717, 1.165) is 0 Å². The van der Waals surface area contributed by atoms with Crippen molar-refractivity contribution < 1.29 is 14.3 Å². The first-order valence-corrected chi connectivity index (χ1v) is 5.32. The van der Waals surface area contributed by atoms with E-state index in [0.29, 0.717) is 5.56 Å². The third-order valence-electron chi connectivity index (χ3n) is 2.54. The summed E-state index contributed by atoms with van der Waals surface area (Å²) in [7, 11) is 0. The maximum absolute atomic E-state index is 13.8. The van der Waals surface area contributed by atoms with Crippen LogP contribution in [-0.2, 0) is 0 Å². The zero-order valence-corrected chi connectivity index (χ0v) is 9.67. The molecule has 0 saturated heterocycles. The van der Waals surface area contributed by atoms with Gasteiger partial charge >= 0.3 is 0 Å². The number of aliphatic hydroxyl groups excluding tert-OH is 1. The van der Waals surface area contributed by atoms with Crippen LogP contribution in [0.5, 0.6) is 0 Å². The van der Waals surface area contributed by atoms with Crippen LogP contribution in [0.25, 0.3) is 5.69 Å². The van der Waals surface area contributed by atoms with Gasteiger partial charge in [-0.05, 0) is 30.7 Å². The van der Waals surface area contributed by atoms with E-state index in [4.69, 9.17) is 5.73 Å². The maximum atomic E-state index is 13.8. The first-order valence-electron chi connectivity index (χ1n) is 5.32. The molecule has 0 aliphatic rings. The number of hydrogen-bond donors (Lipinski definition) is 2. The summed E-state index contributed by atoms with van der Waals surface area (Å²) >= 11 is 0. The lowest BCUT2D eigenvalue weighted by Gasteiger charge is -2.08. The molecule has 18 heavy (non-hydrogen) atoms. The fourth-order valence-electron chi connectivity index (χ4n) is 1.56. The molecule has 1 atom stereocenters. The molecule has 2 aromatic rings. The molecule has 0 radical (unpaired) electrons. The van der Waals surface area contributed by atoms with E-state index in [1.54, 1.807) is 13.0 Å². The van der Waals surface area contributed by atoms with E-state index in [1.807, 2.05) is 0 Å². The monoisotopic (exact) mass is 249 g/mol. The average Bonchev–Trinajstić information content (AvgIpc) is 2.78. The Morgan fingerprint density at radius 3 is 2.72 bits per heavy atom. The minimum absolute atomic E-state index is 0.0639. The van der Waals surface area contributed by atoms with Crippen LogP contribution in [-0.4, -0.2) is 20.8 Å². The van der Waals surface area contributed by atoms with E-state index in [-0.39, 0.29) is 11.4 Å². The molecule has 0 bridgehead atoms. The number of carbonyl (C=O) groups excluding carboxylic acids is 1. The Balaban J connectivity index is 2.41. The number of nitrogens with two attached hydrogens (primary N) is 1. The second kappa shape index (κ2) is 4.58. The highest BCUT2D eigenvalue weighted by molar-refractivity contribution is 5.90. The van der Waals surface area contributed by atoms with Gasteiger partial charge in [0.15, 0.2) is 0 Å². The molecule has 1 heterocycles. The van der Waals surface area contributed by atoms with Crippen LogP contribution in [0.2, 0.25) is 0 Å². The highest BCUT2D eigenvalue weighted by atomic mass is 19.1. The molecule has 0 spiro atoms. The lowest BCUT2D eigenvalue weighted by atomic mass is 10.1. The van der Waals surface area contributed by atoms with E-state index in [9.17, 15) is 14.3 Å². The molecule has 1 aromatic carbocycles. The number of rotatable bonds is 3. The molecule has 1 aromatic heterocycles. The Labute approximate surface area is 103 Å². The molecule has 3 N–H and O–H groups in total. The minimum Gasteiger partial charge on any atom is -0.389 e. The van der Waals surface area contributed by atoms with E-state index in [2.05, 4.69) is 5.10 Å². The van der Waals surface area contributed by atoms with Gasteiger partial charge in [-0.25, -0.2) is 9.07 Å². The van der Waals surface area contributed by atoms with Crippen molar-refractivity contribution in [3.8, 4) is 5.69 Å². The predicted molar refractivity (Wildman–Crippen MR) is 62.7 cm³/mol. The van der Waals surface area contributed by atoms with Gasteiger partial charge in [0, 0.05) is 6.20 Å². The Morgan fingerprint density at radius 1 is 1.50 bits per heavy atom. The number of aliphatic hydroxyl groups is 1. The van der Waals surface area contributed by atoms with Gasteiger partial charge in [-0.2, -0.15) is 5.10 Å². The summed E-state index contributed by atoms with van der Waals surface area (Å²) in [5.74, 6) is -1.21. The zero-order chi connectivity index (χ0) is 13.3. The van der Waals surface area contributed by atoms with E-state index < -0.39 is 17.8 Å². The van der Waals surface area contributed by atoms with Crippen molar-refractivity contribution in [3.05, 3.63) is 47.5 Å². The summed E-state index contributed by atoms with van der Waals surface area (Å²) in [6.45, 7) is 1.55. The van der Waals surface area contributed by atoms with Crippen LogP contribution in [0.3, 0.4) is 0 Å². The molecule has 1 amide bonds. The molecule has 0 aliphatic heterocycles. The molecular formula is C12H12FN3O2. The minimum atomic E-state index is -0.743. The number of benzene rings is 1. The van der Waals surface area contributed by atoms with Gasteiger partial charge in [-0.1, -0.05) is 6.07 Å². The summed E-state index contributed by atoms with van der Waals surface area (Å²) in [4.78, 5) is 10.9. The van der Waals surface area contributed by atoms with Gasteiger partial charge in [0.1, 0.15) is 17.2 Å². The van der Waals surface area contributed by atoms with Crippen molar-refractivity contribution in [2.24, 2.45) is 5.73 Å². The van der Waals surface area contributed by atoms with Crippen LogP contribution >= 0.6 is 0 Å². The molecule has 5 nitrogen and oxygen atoms in total. The van der Waals surface area contributed by atoms with Gasteiger partial charge in [-0.15, -0.1) is 0 Å². The van der Waals surface area contributed by atoms with Gasteiger partial charge in [0.05, 0.1) is 6.10 Å². The third kappa shape index (κ3) is 2.23. The Hall–Kier alpha value is -2.21. The van der Waals surface area contributed by atoms with Gasteiger partial charge in [0.2, 0.25) is 0 Å². The topological polar surface area (TPSA) is 81.1 Å². The lowest BCUT2D eigenvalue weighted by molar-refractivity contribution is 0.0995. The number of nitrogens with zero attached hydrogens (tertiary/aromatic N) is 2. The summed E-state index contributed by atoms with van der Waals surface area (Å²) in [5, 5.41) is 13.2. The third-order valence-corrected chi connectivity index (χ3v) is 2.54. The van der Waals surface area contributed by atoms with Crippen molar-refractivity contribution in [2.75, 3.05) is 0 Å². The van der Waals surface area contributed by atoms with Crippen LogP contribution in [0.15, 0.2) is 30.5 Å². The largest absolute Gasteiger partial charge is 0.389 e. The molecular weight excluding hydrogens is 237 g/mol. The number of primary amides is 1. The van der Waals surface area contributed by atoms with Crippen molar-refractivity contribution in [3.63, 3.8) is 0 Å². The normalized spacial score (nSPS) is 12.4. The Morgan fingerprint density at radius 2 is 2.22 bits per heavy atom. The summed E-state index contributed by atoms with van der Waals surface area (Å²) < 4.78 is 15.0. The molecule has 0 saturated carbocycles. The maximum Gasteiger partial charge on any atom is 0.269 e. The first-order chi connectivity index (χ1) is 8.49. The smallest absolute Gasteiger partial charge is 0.269 e. The van der Waals surface area contributed by atoms with Crippen LogP contribution < -0.4 is 5.73 Å². The van der Waals surface area contributed by atoms with Crippen LogP contribution in [0.1, 0.15) is 29.1 Å². The number of carbonyl (C=O) groups is 1. The molecule has 0 unspecified atom stereocenters.